The molecule has 1 aliphatic rings. The summed E-state index contributed by atoms with van der Waals surface area (Å²) in [6.45, 7) is 5.33. The molecule has 0 saturated heterocycles. The number of para-hydroxylation sites is 1. The van der Waals surface area contributed by atoms with Crippen molar-refractivity contribution in [1.29, 1.82) is 0 Å². The quantitative estimate of drug-likeness (QED) is 0.359. The van der Waals surface area contributed by atoms with Crippen LogP contribution in [0.1, 0.15) is 18.3 Å². The van der Waals surface area contributed by atoms with Gasteiger partial charge in [0.1, 0.15) is 22.9 Å². The molecule has 0 radical (unpaired) electrons. The van der Waals surface area contributed by atoms with Gasteiger partial charge in [0.05, 0.1) is 17.8 Å². The molecule has 3 heterocycles. The maximum absolute atomic E-state index is 6.02. The predicted octanol–water partition coefficient (Wildman–Crippen LogP) is 3.56. The summed E-state index contributed by atoms with van der Waals surface area (Å²) >= 11 is 0. The van der Waals surface area contributed by atoms with E-state index >= 15 is 0 Å². The number of aromatic nitrogens is 3. The second kappa shape index (κ2) is 8.39. The van der Waals surface area contributed by atoms with E-state index in [4.69, 9.17) is 10.5 Å². The molecule has 0 saturated carbocycles. The molecule has 5 N–H and O–H groups in total. The number of benzene rings is 2. The van der Waals surface area contributed by atoms with Crippen molar-refractivity contribution in [3.8, 4) is 5.75 Å². The number of fused-ring (bicyclic) bond motifs is 2. The molecule has 5 rings (SSSR count). The van der Waals surface area contributed by atoms with Crippen molar-refractivity contribution in [2.45, 2.75) is 26.6 Å². The number of rotatable bonds is 7. The first-order chi connectivity index (χ1) is 15.6. The molecule has 0 spiro atoms. The minimum absolute atomic E-state index is 0.313. The second-order valence-corrected chi connectivity index (χ2v) is 7.80. The first-order valence-corrected chi connectivity index (χ1v) is 10.8. The third-order valence-corrected chi connectivity index (χ3v) is 5.60. The van der Waals surface area contributed by atoms with E-state index in [1.54, 1.807) is 0 Å². The molecular weight excluding hydrogens is 402 g/mol. The Bertz CT molecular complexity index is 1320. The molecule has 1 atom stereocenters. The second-order valence-electron chi connectivity index (χ2n) is 7.80. The monoisotopic (exact) mass is 429 g/mol. The van der Waals surface area contributed by atoms with Crippen LogP contribution in [0.25, 0.3) is 21.9 Å². The van der Waals surface area contributed by atoms with Gasteiger partial charge < -0.3 is 25.3 Å². The summed E-state index contributed by atoms with van der Waals surface area (Å²) in [5, 5.41) is 4.72. The zero-order chi connectivity index (χ0) is 22.1. The SMILES string of the molecule is CCOc1ccc2[nH]cc(CCNC3N=C(N)C=CN3c3cccc4[nH]c(C)nc34)c2c1. The summed E-state index contributed by atoms with van der Waals surface area (Å²) in [5.74, 6) is 2.27. The highest BCUT2D eigenvalue weighted by Crippen LogP contribution is 2.28. The van der Waals surface area contributed by atoms with Gasteiger partial charge >= 0.3 is 0 Å². The average Bonchev–Trinajstić information content (AvgIpc) is 3.36. The van der Waals surface area contributed by atoms with Gasteiger partial charge in [0.25, 0.3) is 0 Å². The van der Waals surface area contributed by atoms with Crippen molar-refractivity contribution in [3.05, 3.63) is 66.3 Å². The smallest absolute Gasteiger partial charge is 0.182 e. The number of H-pyrrole nitrogens is 2. The fourth-order valence-electron chi connectivity index (χ4n) is 4.15. The predicted molar refractivity (Wildman–Crippen MR) is 129 cm³/mol. The van der Waals surface area contributed by atoms with Crippen LogP contribution >= 0.6 is 0 Å². The van der Waals surface area contributed by atoms with Crippen LogP contribution in [-0.2, 0) is 6.42 Å². The number of ether oxygens (including phenoxy) is 1. The van der Waals surface area contributed by atoms with E-state index in [2.05, 4.69) is 48.5 Å². The molecule has 1 unspecified atom stereocenters. The fraction of sp³-hybridized carbons (Fsp3) is 0.250. The van der Waals surface area contributed by atoms with Crippen molar-refractivity contribution in [1.82, 2.24) is 20.3 Å². The number of nitrogens with two attached hydrogens (primary N) is 1. The Morgan fingerprint density at radius 1 is 1.22 bits per heavy atom. The fourth-order valence-corrected chi connectivity index (χ4v) is 4.15. The van der Waals surface area contributed by atoms with E-state index in [0.29, 0.717) is 12.4 Å². The minimum atomic E-state index is -0.313. The number of aryl methyl sites for hydroxylation is 1. The number of nitrogens with zero attached hydrogens (tertiary/aromatic N) is 3. The van der Waals surface area contributed by atoms with Crippen LogP contribution in [0.15, 0.2) is 59.9 Å². The molecule has 0 amide bonds. The molecule has 2 aromatic heterocycles. The number of aromatic amines is 2. The summed E-state index contributed by atoms with van der Waals surface area (Å²) < 4.78 is 5.67. The van der Waals surface area contributed by atoms with E-state index in [1.165, 1.54) is 10.9 Å². The zero-order valence-corrected chi connectivity index (χ0v) is 18.2. The van der Waals surface area contributed by atoms with Gasteiger partial charge in [-0.3, -0.25) is 5.32 Å². The number of aliphatic imine (C=N–C) groups is 1. The summed E-state index contributed by atoms with van der Waals surface area (Å²) in [6, 6.07) is 12.2. The van der Waals surface area contributed by atoms with Crippen LogP contribution in [0.5, 0.6) is 5.75 Å². The van der Waals surface area contributed by atoms with Gasteiger partial charge in [0.2, 0.25) is 0 Å². The zero-order valence-electron chi connectivity index (χ0n) is 18.2. The summed E-state index contributed by atoms with van der Waals surface area (Å²) in [6.07, 6.45) is 6.35. The van der Waals surface area contributed by atoms with Crippen LogP contribution in [-0.4, -0.2) is 40.2 Å². The van der Waals surface area contributed by atoms with Gasteiger partial charge in [0, 0.05) is 29.8 Å². The summed E-state index contributed by atoms with van der Waals surface area (Å²) in [7, 11) is 0. The standard InChI is InChI=1S/C24H27N7O/c1-3-32-17-7-8-19-18(13-17)16(14-27-19)9-11-26-24-30-22(25)10-12-31(24)21-6-4-5-20-23(21)29-15(2)28-20/h4-8,10,12-14,24,26-27H,3,9,11H2,1-2H3,(H2,25,30)(H,28,29). The molecule has 164 valence electrons. The molecule has 0 aliphatic carbocycles. The lowest BCUT2D eigenvalue weighted by atomic mass is 10.1. The summed E-state index contributed by atoms with van der Waals surface area (Å²) in [4.78, 5) is 18.0. The van der Waals surface area contributed by atoms with Gasteiger partial charge in [-0.2, -0.15) is 0 Å². The third-order valence-electron chi connectivity index (χ3n) is 5.60. The van der Waals surface area contributed by atoms with E-state index in [1.807, 2.05) is 50.4 Å². The largest absolute Gasteiger partial charge is 0.494 e. The van der Waals surface area contributed by atoms with Crippen molar-refractivity contribution < 1.29 is 4.74 Å². The molecule has 32 heavy (non-hydrogen) atoms. The summed E-state index contributed by atoms with van der Waals surface area (Å²) in [5.41, 5.74) is 11.2. The van der Waals surface area contributed by atoms with E-state index < -0.39 is 0 Å². The Morgan fingerprint density at radius 3 is 3.00 bits per heavy atom. The van der Waals surface area contributed by atoms with E-state index in [0.717, 1.165) is 46.8 Å². The molecule has 0 fully saturated rings. The number of hydrogen-bond donors (Lipinski definition) is 4. The Morgan fingerprint density at radius 2 is 2.12 bits per heavy atom. The van der Waals surface area contributed by atoms with Gasteiger partial charge in [-0.05, 0) is 62.2 Å². The van der Waals surface area contributed by atoms with E-state index in [-0.39, 0.29) is 6.29 Å². The normalized spacial score (nSPS) is 16.1. The van der Waals surface area contributed by atoms with Crippen molar-refractivity contribution in [3.63, 3.8) is 0 Å². The Labute approximate surface area is 186 Å². The Balaban J connectivity index is 1.35. The molecule has 8 heteroatoms. The van der Waals surface area contributed by atoms with Crippen molar-refractivity contribution in [2.75, 3.05) is 18.1 Å². The molecular formula is C24H27N7O. The van der Waals surface area contributed by atoms with Crippen LogP contribution in [0.3, 0.4) is 0 Å². The topological polar surface area (TPSA) is 107 Å². The van der Waals surface area contributed by atoms with Gasteiger partial charge in [-0.1, -0.05) is 6.07 Å². The lowest BCUT2D eigenvalue weighted by Crippen LogP contribution is -2.45. The number of hydrogen-bond acceptors (Lipinski definition) is 6. The lowest BCUT2D eigenvalue weighted by molar-refractivity contribution is 0.340. The van der Waals surface area contributed by atoms with Crippen LogP contribution in [0, 0.1) is 6.92 Å². The van der Waals surface area contributed by atoms with Gasteiger partial charge in [-0.15, -0.1) is 0 Å². The Kier molecular flexibility index (Phi) is 5.28. The lowest BCUT2D eigenvalue weighted by Gasteiger charge is -2.31. The minimum Gasteiger partial charge on any atom is -0.494 e. The maximum atomic E-state index is 6.02. The highest BCUT2D eigenvalue weighted by Gasteiger charge is 2.22. The van der Waals surface area contributed by atoms with Crippen LogP contribution < -0.4 is 20.7 Å². The molecule has 2 aromatic carbocycles. The first kappa shape index (κ1) is 20.1. The Hall–Kier alpha value is -3.78. The third kappa shape index (κ3) is 3.80. The van der Waals surface area contributed by atoms with Crippen LogP contribution in [0.4, 0.5) is 5.69 Å². The highest BCUT2D eigenvalue weighted by atomic mass is 16.5. The van der Waals surface area contributed by atoms with Crippen molar-refractivity contribution >= 4 is 33.5 Å². The molecule has 0 bridgehead atoms. The van der Waals surface area contributed by atoms with Gasteiger partial charge in [-0.25, -0.2) is 9.98 Å². The maximum Gasteiger partial charge on any atom is 0.182 e. The molecule has 1 aliphatic heterocycles. The molecule has 8 nitrogen and oxygen atoms in total. The van der Waals surface area contributed by atoms with Gasteiger partial charge in [0.15, 0.2) is 6.29 Å². The number of imidazole rings is 1. The van der Waals surface area contributed by atoms with Crippen molar-refractivity contribution in [2.24, 2.45) is 10.7 Å². The molecule has 4 aromatic rings. The average molecular weight is 430 g/mol. The number of anilines is 1. The van der Waals surface area contributed by atoms with Crippen LogP contribution in [0.2, 0.25) is 0 Å². The first-order valence-electron chi connectivity index (χ1n) is 10.8. The number of nitrogens with one attached hydrogen (secondary N) is 3. The van der Waals surface area contributed by atoms with E-state index in [9.17, 15) is 0 Å². The number of amidine groups is 1. The highest BCUT2D eigenvalue weighted by molar-refractivity contribution is 5.95.